The number of carbonyl (C=O) groups is 1. The van der Waals surface area contributed by atoms with E-state index in [4.69, 9.17) is 11.6 Å². The van der Waals surface area contributed by atoms with Gasteiger partial charge in [-0.25, -0.2) is 4.39 Å². The molecule has 0 spiro atoms. The average molecular weight is 295 g/mol. The second kappa shape index (κ2) is 5.75. The Hall–Kier alpha value is -1.68. The summed E-state index contributed by atoms with van der Waals surface area (Å²) in [5.41, 5.74) is 2.46. The maximum Gasteiger partial charge on any atom is 0.168 e. The van der Waals surface area contributed by atoms with E-state index in [-0.39, 0.29) is 12.2 Å². The summed E-state index contributed by atoms with van der Waals surface area (Å²) < 4.78 is 15.1. The summed E-state index contributed by atoms with van der Waals surface area (Å²) in [6, 6.07) is 4.33. The lowest BCUT2D eigenvalue weighted by molar-refractivity contribution is 0.0990. The molecular weight excluding hydrogens is 279 g/mol. The van der Waals surface area contributed by atoms with Crippen LogP contribution in [0.1, 0.15) is 34.2 Å². The Balaban J connectivity index is 2.32. The summed E-state index contributed by atoms with van der Waals surface area (Å²) in [5, 5.41) is 4.78. The van der Waals surface area contributed by atoms with Gasteiger partial charge in [-0.2, -0.15) is 5.10 Å². The van der Waals surface area contributed by atoms with Crippen LogP contribution in [0, 0.1) is 19.7 Å². The van der Waals surface area contributed by atoms with Gasteiger partial charge in [0.05, 0.1) is 22.8 Å². The molecule has 0 saturated heterocycles. The molecule has 0 N–H and O–H groups in total. The van der Waals surface area contributed by atoms with Gasteiger partial charge in [0, 0.05) is 12.1 Å². The zero-order valence-electron chi connectivity index (χ0n) is 11.7. The Labute approximate surface area is 122 Å². The Morgan fingerprint density at radius 3 is 2.65 bits per heavy atom. The number of carbonyl (C=O) groups excluding carboxylic acids is 1. The van der Waals surface area contributed by atoms with Gasteiger partial charge in [0.1, 0.15) is 5.82 Å². The van der Waals surface area contributed by atoms with E-state index < -0.39 is 5.82 Å². The minimum atomic E-state index is -0.403. The van der Waals surface area contributed by atoms with Crippen LogP contribution < -0.4 is 0 Å². The minimum Gasteiger partial charge on any atom is -0.294 e. The molecule has 1 aromatic carbocycles. The van der Waals surface area contributed by atoms with Crippen molar-refractivity contribution in [2.75, 3.05) is 0 Å². The van der Waals surface area contributed by atoms with Crippen molar-refractivity contribution in [2.45, 2.75) is 33.7 Å². The summed E-state index contributed by atoms with van der Waals surface area (Å²) >= 11 is 6.18. The van der Waals surface area contributed by atoms with Crippen molar-refractivity contribution < 1.29 is 9.18 Å². The van der Waals surface area contributed by atoms with E-state index in [1.807, 2.05) is 6.92 Å². The first-order chi connectivity index (χ1) is 9.42. The third-order valence-corrected chi connectivity index (χ3v) is 3.64. The normalized spacial score (nSPS) is 10.8. The molecule has 20 heavy (non-hydrogen) atoms. The topological polar surface area (TPSA) is 34.9 Å². The lowest BCUT2D eigenvalue weighted by Gasteiger charge is -2.06. The molecule has 5 heteroatoms. The van der Waals surface area contributed by atoms with Crippen molar-refractivity contribution >= 4 is 17.4 Å². The molecule has 0 aliphatic carbocycles. The largest absolute Gasteiger partial charge is 0.294 e. The molecule has 3 nitrogen and oxygen atoms in total. The van der Waals surface area contributed by atoms with Crippen molar-refractivity contribution in [2.24, 2.45) is 0 Å². The Morgan fingerprint density at radius 2 is 2.05 bits per heavy atom. The van der Waals surface area contributed by atoms with Crippen molar-refractivity contribution in [3.8, 4) is 0 Å². The number of aryl methyl sites for hydroxylation is 3. The first-order valence-corrected chi connectivity index (χ1v) is 6.82. The molecule has 0 amide bonds. The zero-order valence-corrected chi connectivity index (χ0v) is 12.5. The molecule has 0 unspecified atom stereocenters. The number of benzene rings is 1. The quantitative estimate of drug-likeness (QED) is 0.805. The van der Waals surface area contributed by atoms with Gasteiger partial charge in [-0.15, -0.1) is 0 Å². The highest BCUT2D eigenvalue weighted by molar-refractivity contribution is 6.32. The number of nitrogens with zero attached hydrogens (tertiary/aromatic N) is 2. The standard InChI is InChI=1S/C15H16ClFN2O/c1-4-19-13(15(16)10(3)18-19)8-14(20)11-5-9(2)6-12(17)7-11/h5-7H,4,8H2,1-3H3. The van der Waals surface area contributed by atoms with E-state index in [0.29, 0.717) is 28.5 Å². The number of Topliss-reactive ketones (excluding diaryl/α,β-unsaturated/α-hetero) is 1. The molecule has 2 aromatic rings. The average Bonchev–Trinajstić information content (AvgIpc) is 2.65. The third-order valence-electron chi connectivity index (χ3n) is 3.14. The van der Waals surface area contributed by atoms with E-state index in [9.17, 15) is 9.18 Å². The van der Waals surface area contributed by atoms with E-state index in [2.05, 4.69) is 5.10 Å². The zero-order chi connectivity index (χ0) is 14.9. The number of hydrogen-bond acceptors (Lipinski definition) is 2. The lowest BCUT2D eigenvalue weighted by Crippen LogP contribution is -2.10. The maximum atomic E-state index is 13.4. The molecule has 0 fully saturated rings. The van der Waals surface area contributed by atoms with Crippen molar-refractivity contribution in [1.29, 1.82) is 0 Å². The van der Waals surface area contributed by atoms with Gasteiger partial charge in [-0.3, -0.25) is 9.48 Å². The van der Waals surface area contributed by atoms with E-state index >= 15 is 0 Å². The summed E-state index contributed by atoms with van der Waals surface area (Å²) in [5.74, 6) is -0.566. The van der Waals surface area contributed by atoms with Crippen LogP contribution in [0.5, 0.6) is 0 Å². The van der Waals surface area contributed by atoms with Crippen LogP contribution in [0.4, 0.5) is 4.39 Å². The first kappa shape index (κ1) is 14.7. The molecule has 0 aliphatic heterocycles. The lowest BCUT2D eigenvalue weighted by atomic mass is 10.0. The maximum absolute atomic E-state index is 13.4. The van der Waals surface area contributed by atoms with Gasteiger partial charge in [0.15, 0.2) is 5.78 Å². The van der Waals surface area contributed by atoms with Crippen LogP contribution >= 0.6 is 11.6 Å². The van der Waals surface area contributed by atoms with Crippen molar-refractivity contribution in [3.63, 3.8) is 0 Å². The molecule has 106 valence electrons. The number of rotatable bonds is 4. The Morgan fingerprint density at radius 1 is 1.35 bits per heavy atom. The number of aromatic nitrogens is 2. The van der Waals surface area contributed by atoms with E-state index in [1.54, 1.807) is 24.6 Å². The molecule has 0 saturated carbocycles. The third kappa shape index (κ3) is 2.90. The molecule has 2 rings (SSSR count). The van der Waals surface area contributed by atoms with Crippen molar-refractivity contribution in [3.05, 3.63) is 51.6 Å². The summed E-state index contributed by atoms with van der Waals surface area (Å²) in [6.07, 6.45) is 0.121. The van der Waals surface area contributed by atoms with Gasteiger partial charge in [-0.05, 0) is 44.5 Å². The van der Waals surface area contributed by atoms with Crippen LogP contribution in [0.2, 0.25) is 5.02 Å². The highest BCUT2D eigenvalue weighted by atomic mass is 35.5. The number of hydrogen-bond donors (Lipinski definition) is 0. The smallest absolute Gasteiger partial charge is 0.168 e. The first-order valence-electron chi connectivity index (χ1n) is 6.44. The van der Waals surface area contributed by atoms with E-state index in [1.165, 1.54) is 12.1 Å². The fourth-order valence-corrected chi connectivity index (χ4v) is 2.39. The predicted octanol–water partition coefficient (Wildman–Crippen LogP) is 3.74. The number of halogens is 2. The summed E-state index contributed by atoms with van der Waals surface area (Å²) in [4.78, 5) is 12.3. The van der Waals surface area contributed by atoms with Crippen LogP contribution in [0.25, 0.3) is 0 Å². The summed E-state index contributed by atoms with van der Waals surface area (Å²) in [7, 11) is 0. The Bertz CT molecular complexity index is 644. The number of ketones is 1. The van der Waals surface area contributed by atoms with Crippen LogP contribution in [-0.4, -0.2) is 15.6 Å². The Kier molecular flexibility index (Phi) is 4.23. The van der Waals surface area contributed by atoms with Gasteiger partial charge < -0.3 is 0 Å². The molecule has 0 atom stereocenters. The minimum absolute atomic E-state index is 0.121. The molecule has 1 heterocycles. The highest BCUT2D eigenvalue weighted by Crippen LogP contribution is 2.22. The van der Waals surface area contributed by atoms with E-state index in [0.717, 1.165) is 5.56 Å². The van der Waals surface area contributed by atoms with Crippen molar-refractivity contribution in [1.82, 2.24) is 9.78 Å². The summed E-state index contributed by atoms with van der Waals surface area (Å²) in [6.45, 7) is 6.13. The fraction of sp³-hybridized carbons (Fsp3) is 0.333. The molecule has 1 aromatic heterocycles. The highest BCUT2D eigenvalue weighted by Gasteiger charge is 2.17. The SMILES string of the molecule is CCn1nc(C)c(Cl)c1CC(=O)c1cc(C)cc(F)c1. The van der Waals surface area contributed by atoms with Gasteiger partial charge in [0.25, 0.3) is 0 Å². The monoisotopic (exact) mass is 294 g/mol. The van der Waals surface area contributed by atoms with Gasteiger partial charge >= 0.3 is 0 Å². The molecular formula is C15H16ClFN2O. The molecule has 0 bridgehead atoms. The second-order valence-corrected chi connectivity index (χ2v) is 5.16. The van der Waals surface area contributed by atoms with Gasteiger partial charge in [-0.1, -0.05) is 11.6 Å². The second-order valence-electron chi connectivity index (χ2n) is 4.78. The molecule has 0 radical (unpaired) electrons. The van der Waals surface area contributed by atoms with Crippen LogP contribution in [0.15, 0.2) is 18.2 Å². The fourth-order valence-electron chi connectivity index (χ4n) is 2.19. The van der Waals surface area contributed by atoms with Gasteiger partial charge in [0.2, 0.25) is 0 Å². The molecule has 0 aliphatic rings. The van der Waals surface area contributed by atoms with Crippen LogP contribution in [-0.2, 0) is 13.0 Å². The van der Waals surface area contributed by atoms with Crippen LogP contribution in [0.3, 0.4) is 0 Å². The predicted molar refractivity (Wildman–Crippen MR) is 76.8 cm³/mol.